The van der Waals surface area contributed by atoms with Crippen molar-refractivity contribution in [2.24, 2.45) is 50.2 Å². The average Bonchev–Trinajstić information content (AvgIpc) is 3.49. The van der Waals surface area contributed by atoms with Crippen LogP contribution in [0, 0.1) is 50.2 Å². The standard InChI is InChI=1S/C46H74O16/c1-22-30(50)35(61-37-33(53)32(52)26(19-47)59-37)34(54)38(58-22)62-36-31(51)25(49)20-57-39(36)60-29-11-12-42(4)27(43(29,5)21-48)10-13-45(7)28(42)9-8-23-24-18-41(2,3)14-16-46(24,40(55)56)17-15-44(23,45)6/h8,22,24-39,47-54H,9-21H2,1-7H3,(H,55,56)/t22-,24-,25-,26-,27?,28?,29-,30-,31-,32-,33+,34+,35+,36+,37-,38-,39-,42-,43-,44?,45+,46-/m0/s1. The van der Waals surface area contributed by atoms with Crippen molar-refractivity contribution in [1.29, 1.82) is 0 Å². The maximum absolute atomic E-state index is 13.1. The maximum Gasteiger partial charge on any atom is 0.310 e. The molecule has 22 atom stereocenters. The number of ether oxygens (including phenoxy) is 6. The number of carbonyl (C=O) groups is 1. The second kappa shape index (κ2) is 16.5. The molecule has 3 aliphatic heterocycles. The maximum atomic E-state index is 13.1. The Labute approximate surface area is 364 Å². The molecule has 8 aliphatic rings. The van der Waals surface area contributed by atoms with E-state index < -0.39 is 109 Å². The van der Waals surface area contributed by atoms with Gasteiger partial charge in [-0.3, -0.25) is 4.79 Å². The minimum atomic E-state index is -1.73. The van der Waals surface area contributed by atoms with Crippen LogP contribution >= 0.6 is 0 Å². The zero-order valence-corrected chi connectivity index (χ0v) is 37.5. The van der Waals surface area contributed by atoms with Crippen LogP contribution in [0.25, 0.3) is 0 Å². The summed E-state index contributed by atoms with van der Waals surface area (Å²) in [6, 6.07) is 0. The molecule has 16 heteroatoms. The van der Waals surface area contributed by atoms with E-state index in [1.807, 2.05) is 0 Å². The first-order valence-electron chi connectivity index (χ1n) is 23.1. The van der Waals surface area contributed by atoms with Gasteiger partial charge in [-0.2, -0.15) is 0 Å². The molecule has 62 heavy (non-hydrogen) atoms. The first-order valence-corrected chi connectivity index (χ1v) is 23.1. The Hall–Kier alpha value is -1.35. The lowest BCUT2D eigenvalue weighted by atomic mass is 9.33. The summed E-state index contributed by atoms with van der Waals surface area (Å²) in [5, 5.41) is 97.1. The Morgan fingerprint density at radius 3 is 2.08 bits per heavy atom. The normalized spacial score (nSPS) is 55.0. The average molecular weight is 883 g/mol. The Morgan fingerprint density at radius 2 is 1.42 bits per heavy atom. The van der Waals surface area contributed by atoms with Crippen molar-refractivity contribution in [2.75, 3.05) is 19.8 Å². The monoisotopic (exact) mass is 882 g/mol. The van der Waals surface area contributed by atoms with E-state index in [4.69, 9.17) is 28.4 Å². The lowest BCUT2D eigenvalue weighted by Crippen LogP contribution is -2.67. The van der Waals surface area contributed by atoms with Crippen molar-refractivity contribution in [3.63, 3.8) is 0 Å². The van der Waals surface area contributed by atoms with Crippen LogP contribution < -0.4 is 0 Å². The van der Waals surface area contributed by atoms with Gasteiger partial charge in [0.1, 0.15) is 54.9 Å². The zero-order valence-electron chi connectivity index (χ0n) is 37.5. The summed E-state index contributed by atoms with van der Waals surface area (Å²) in [7, 11) is 0. The number of fused-ring (bicyclic) bond motifs is 7. The van der Waals surface area contributed by atoms with Crippen LogP contribution in [0.1, 0.15) is 113 Å². The van der Waals surface area contributed by atoms with Crippen LogP contribution in [-0.4, -0.2) is 158 Å². The quantitative estimate of drug-likeness (QED) is 0.119. The predicted molar refractivity (Wildman–Crippen MR) is 219 cm³/mol. The van der Waals surface area contributed by atoms with Gasteiger partial charge in [-0.25, -0.2) is 0 Å². The Kier molecular flexibility index (Phi) is 12.5. The molecule has 354 valence electrons. The number of allylic oxidation sites excluding steroid dienone is 2. The number of carboxylic acid groups (broad SMARTS) is 1. The molecule has 8 rings (SSSR count). The summed E-state index contributed by atoms with van der Waals surface area (Å²) < 4.78 is 36.1. The van der Waals surface area contributed by atoms with Gasteiger partial charge in [0.2, 0.25) is 0 Å². The molecule has 7 fully saturated rings. The van der Waals surface area contributed by atoms with Crippen LogP contribution in [0.3, 0.4) is 0 Å². The van der Waals surface area contributed by atoms with Crippen molar-refractivity contribution >= 4 is 5.97 Å². The summed E-state index contributed by atoms with van der Waals surface area (Å²) in [6.45, 7) is 14.3. The topological polar surface area (TPSA) is 255 Å². The Bertz CT molecular complexity index is 1690. The van der Waals surface area contributed by atoms with E-state index >= 15 is 0 Å². The first kappa shape index (κ1) is 47.2. The van der Waals surface area contributed by atoms with Crippen molar-refractivity contribution in [3.8, 4) is 0 Å². The summed E-state index contributed by atoms with van der Waals surface area (Å²) in [6.07, 6.45) is -8.73. The third-order valence-electron chi connectivity index (χ3n) is 18.7. The number of aliphatic hydroxyl groups excluding tert-OH is 8. The summed E-state index contributed by atoms with van der Waals surface area (Å²) in [5.41, 5.74) is -0.519. The summed E-state index contributed by atoms with van der Waals surface area (Å²) >= 11 is 0. The smallest absolute Gasteiger partial charge is 0.310 e. The highest BCUT2D eigenvalue weighted by atomic mass is 16.8. The second-order valence-electron chi connectivity index (χ2n) is 22.4. The van der Waals surface area contributed by atoms with Gasteiger partial charge < -0.3 is 74.4 Å². The molecule has 5 aliphatic carbocycles. The van der Waals surface area contributed by atoms with Gasteiger partial charge in [0.15, 0.2) is 18.9 Å². The third kappa shape index (κ3) is 7.10. The molecule has 0 aromatic heterocycles. The molecule has 0 bridgehead atoms. The molecule has 0 spiro atoms. The first-order chi connectivity index (χ1) is 29.0. The lowest BCUT2D eigenvalue weighted by Gasteiger charge is -2.71. The largest absolute Gasteiger partial charge is 0.481 e. The molecule has 4 saturated carbocycles. The molecule has 0 aromatic rings. The number of aliphatic carboxylic acids is 1. The third-order valence-corrected chi connectivity index (χ3v) is 18.7. The van der Waals surface area contributed by atoms with Crippen LogP contribution in [0.5, 0.6) is 0 Å². The van der Waals surface area contributed by atoms with Crippen LogP contribution in [0.15, 0.2) is 11.6 Å². The number of hydrogen-bond donors (Lipinski definition) is 9. The van der Waals surface area contributed by atoms with Crippen LogP contribution in [0.2, 0.25) is 0 Å². The second-order valence-corrected chi connectivity index (χ2v) is 22.4. The Balaban J connectivity index is 1.02. The molecule has 3 unspecified atom stereocenters. The SMILES string of the molecule is C[C@@H]1O[C@@H](O[C@H]2[C@H](O[C@H]3CC[C@@]4(C)C(CC[C@]5(C)C4CC=C4[C@@H]6CC(C)(C)CC[C@]6(C(=O)O)CCC45C)[C@]3(C)CO)OC[C@H](O)[C@@H]2O)[C@H](O)[C@H](O[C@@H]2O[C@@H](CO)[C@H](O)[C@H]2O)[C@H]1O. The fraction of sp³-hybridized carbons (Fsp3) is 0.935. The lowest BCUT2D eigenvalue weighted by molar-refractivity contribution is -0.374. The van der Waals surface area contributed by atoms with Crippen LogP contribution in [0.4, 0.5) is 0 Å². The van der Waals surface area contributed by atoms with Gasteiger partial charge in [-0.1, -0.05) is 53.2 Å². The molecular weight excluding hydrogens is 808 g/mol. The molecule has 9 N–H and O–H groups in total. The van der Waals surface area contributed by atoms with Gasteiger partial charge in [-0.05, 0) is 111 Å². The van der Waals surface area contributed by atoms with Gasteiger partial charge in [0.05, 0.1) is 37.4 Å². The highest BCUT2D eigenvalue weighted by molar-refractivity contribution is 5.76. The van der Waals surface area contributed by atoms with E-state index in [-0.39, 0.29) is 52.6 Å². The van der Waals surface area contributed by atoms with Crippen molar-refractivity contribution < 1.29 is 79.2 Å². The number of rotatable bonds is 9. The Morgan fingerprint density at radius 1 is 0.742 bits per heavy atom. The van der Waals surface area contributed by atoms with E-state index in [0.29, 0.717) is 19.3 Å². The molecule has 3 saturated heterocycles. The van der Waals surface area contributed by atoms with Crippen molar-refractivity contribution in [1.82, 2.24) is 0 Å². The molecule has 0 radical (unpaired) electrons. The van der Waals surface area contributed by atoms with Gasteiger partial charge in [0, 0.05) is 5.41 Å². The van der Waals surface area contributed by atoms with E-state index in [1.165, 1.54) is 12.5 Å². The van der Waals surface area contributed by atoms with E-state index in [1.54, 1.807) is 0 Å². The predicted octanol–water partition coefficient (Wildman–Crippen LogP) is 1.98. The van der Waals surface area contributed by atoms with Gasteiger partial charge in [0.25, 0.3) is 0 Å². The van der Waals surface area contributed by atoms with E-state index in [0.717, 1.165) is 44.9 Å². The van der Waals surface area contributed by atoms with E-state index in [9.17, 15) is 50.8 Å². The number of hydrogen-bond acceptors (Lipinski definition) is 15. The fourth-order valence-electron chi connectivity index (χ4n) is 14.6. The number of aliphatic hydroxyl groups is 8. The number of carboxylic acids is 1. The highest BCUT2D eigenvalue weighted by Gasteiger charge is 2.70. The minimum absolute atomic E-state index is 0.00634. The molecule has 0 amide bonds. The van der Waals surface area contributed by atoms with E-state index in [2.05, 4.69) is 47.6 Å². The molecule has 16 nitrogen and oxygen atoms in total. The molecular formula is C46H74O16. The fourth-order valence-corrected chi connectivity index (χ4v) is 14.6. The highest BCUT2D eigenvalue weighted by Crippen LogP contribution is 2.76. The van der Waals surface area contributed by atoms with Crippen LogP contribution in [-0.2, 0) is 33.2 Å². The van der Waals surface area contributed by atoms with Crippen molar-refractivity contribution in [2.45, 2.75) is 199 Å². The zero-order chi connectivity index (χ0) is 45.1. The minimum Gasteiger partial charge on any atom is -0.481 e. The van der Waals surface area contributed by atoms with Gasteiger partial charge in [-0.15, -0.1) is 0 Å². The van der Waals surface area contributed by atoms with Gasteiger partial charge >= 0.3 is 5.97 Å². The summed E-state index contributed by atoms with van der Waals surface area (Å²) in [5.74, 6) is -0.342. The molecule has 3 heterocycles. The summed E-state index contributed by atoms with van der Waals surface area (Å²) in [4.78, 5) is 13.1. The molecule has 0 aromatic carbocycles. The van der Waals surface area contributed by atoms with Crippen molar-refractivity contribution in [3.05, 3.63) is 11.6 Å².